The van der Waals surface area contributed by atoms with Gasteiger partial charge in [-0.1, -0.05) is 18.5 Å². The van der Waals surface area contributed by atoms with Gasteiger partial charge in [0.1, 0.15) is 5.15 Å². The highest BCUT2D eigenvalue weighted by Gasteiger charge is 2.18. The largest absolute Gasteiger partial charge is 0.371 e. The van der Waals surface area contributed by atoms with Crippen molar-refractivity contribution in [2.24, 2.45) is 5.73 Å². The molecule has 0 aliphatic heterocycles. The van der Waals surface area contributed by atoms with E-state index in [1.807, 2.05) is 19.9 Å². The molecule has 0 radical (unpaired) electrons. The number of nitrogens with two attached hydrogens (primary N) is 1. The second-order valence-corrected chi connectivity index (χ2v) is 4.25. The minimum Gasteiger partial charge on any atom is -0.371 e. The Labute approximate surface area is 107 Å². The number of rotatable bonds is 5. The van der Waals surface area contributed by atoms with Crippen molar-refractivity contribution >= 4 is 23.2 Å². The Morgan fingerprint density at radius 2 is 2.18 bits per heavy atom. The Hall–Kier alpha value is -1.29. The summed E-state index contributed by atoms with van der Waals surface area (Å²) in [6.07, 6.45) is 0.991. The van der Waals surface area contributed by atoms with E-state index in [9.17, 15) is 4.79 Å². The van der Waals surface area contributed by atoms with Gasteiger partial charge in [-0.2, -0.15) is 0 Å². The number of carbonyl (C=O) groups is 1. The molecule has 1 heterocycles. The molecule has 0 saturated carbocycles. The van der Waals surface area contributed by atoms with Gasteiger partial charge in [0.05, 0.1) is 11.3 Å². The van der Waals surface area contributed by atoms with Gasteiger partial charge in [-0.05, 0) is 26.3 Å². The molecule has 5 heteroatoms. The van der Waals surface area contributed by atoms with Crippen LogP contribution in [-0.4, -0.2) is 24.0 Å². The first kappa shape index (κ1) is 13.8. The predicted octanol–water partition coefficient (Wildman–Crippen LogP) is 2.38. The maximum atomic E-state index is 11.4. The first-order chi connectivity index (χ1) is 8.01. The molecule has 0 unspecified atom stereocenters. The highest BCUT2D eigenvalue weighted by molar-refractivity contribution is 6.33. The van der Waals surface area contributed by atoms with Crippen molar-refractivity contribution in [1.29, 1.82) is 0 Å². The standard InChI is InChI=1S/C12H18ClN3O/c1-4-6-16(5-2)9-7-8(3)15-11(13)10(9)12(14)17/h7H,4-6H2,1-3H3,(H2,14,17). The maximum Gasteiger partial charge on any atom is 0.253 e. The van der Waals surface area contributed by atoms with Crippen LogP contribution in [0.1, 0.15) is 36.3 Å². The van der Waals surface area contributed by atoms with E-state index in [1.165, 1.54) is 0 Å². The number of hydrogen-bond acceptors (Lipinski definition) is 3. The van der Waals surface area contributed by atoms with Gasteiger partial charge >= 0.3 is 0 Å². The molecule has 0 atom stereocenters. The van der Waals surface area contributed by atoms with Crippen LogP contribution in [0.2, 0.25) is 5.15 Å². The Morgan fingerprint density at radius 1 is 1.53 bits per heavy atom. The SMILES string of the molecule is CCCN(CC)c1cc(C)nc(Cl)c1C(N)=O. The van der Waals surface area contributed by atoms with Crippen LogP contribution in [0.25, 0.3) is 0 Å². The molecule has 94 valence electrons. The second-order valence-electron chi connectivity index (χ2n) is 3.89. The molecule has 0 spiro atoms. The van der Waals surface area contributed by atoms with Gasteiger partial charge in [0.2, 0.25) is 0 Å². The second kappa shape index (κ2) is 5.87. The van der Waals surface area contributed by atoms with Gasteiger partial charge in [-0.15, -0.1) is 0 Å². The van der Waals surface area contributed by atoms with Gasteiger partial charge in [-0.3, -0.25) is 4.79 Å². The lowest BCUT2D eigenvalue weighted by Crippen LogP contribution is -2.27. The molecule has 1 aromatic rings. The Morgan fingerprint density at radius 3 is 2.65 bits per heavy atom. The summed E-state index contributed by atoms with van der Waals surface area (Å²) in [5.41, 5.74) is 7.24. The summed E-state index contributed by atoms with van der Waals surface area (Å²) in [6.45, 7) is 7.62. The Kier molecular flexibility index (Phi) is 4.75. The van der Waals surface area contributed by atoms with Crippen molar-refractivity contribution in [1.82, 2.24) is 4.98 Å². The van der Waals surface area contributed by atoms with Crippen LogP contribution in [0.5, 0.6) is 0 Å². The molecule has 2 N–H and O–H groups in total. The molecule has 4 nitrogen and oxygen atoms in total. The molecule has 17 heavy (non-hydrogen) atoms. The summed E-state index contributed by atoms with van der Waals surface area (Å²) in [4.78, 5) is 17.6. The lowest BCUT2D eigenvalue weighted by Gasteiger charge is -2.25. The minimum atomic E-state index is -0.535. The zero-order valence-electron chi connectivity index (χ0n) is 10.5. The molecule has 0 saturated heterocycles. The molecule has 1 amide bonds. The average molecular weight is 256 g/mol. The monoisotopic (exact) mass is 255 g/mol. The number of pyridine rings is 1. The third-order valence-electron chi connectivity index (χ3n) is 2.54. The normalized spacial score (nSPS) is 10.4. The van der Waals surface area contributed by atoms with E-state index in [1.54, 1.807) is 0 Å². The van der Waals surface area contributed by atoms with Crippen LogP contribution in [-0.2, 0) is 0 Å². The number of aryl methyl sites for hydroxylation is 1. The Balaban J connectivity index is 3.32. The van der Waals surface area contributed by atoms with Crippen LogP contribution >= 0.6 is 11.6 Å². The first-order valence-electron chi connectivity index (χ1n) is 5.73. The van der Waals surface area contributed by atoms with Gasteiger partial charge < -0.3 is 10.6 Å². The molecule has 0 aliphatic carbocycles. The quantitative estimate of drug-likeness (QED) is 0.822. The topological polar surface area (TPSA) is 59.2 Å². The number of carbonyl (C=O) groups excluding carboxylic acids is 1. The summed E-state index contributed by atoms with van der Waals surface area (Å²) in [5.74, 6) is -0.535. The lowest BCUT2D eigenvalue weighted by molar-refractivity contribution is 0.100. The highest BCUT2D eigenvalue weighted by atomic mass is 35.5. The Bertz CT molecular complexity index is 420. The van der Waals surface area contributed by atoms with Gasteiger partial charge in [0.15, 0.2) is 0 Å². The summed E-state index contributed by atoms with van der Waals surface area (Å²) < 4.78 is 0. The maximum absolute atomic E-state index is 11.4. The van der Waals surface area contributed by atoms with E-state index in [0.717, 1.165) is 30.9 Å². The van der Waals surface area contributed by atoms with Crippen LogP contribution in [0.4, 0.5) is 5.69 Å². The fourth-order valence-corrected chi connectivity index (χ4v) is 2.14. The van der Waals surface area contributed by atoms with Gasteiger partial charge in [-0.25, -0.2) is 4.98 Å². The number of anilines is 1. The fourth-order valence-electron chi connectivity index (χ4n) is 1.81. The van der Waals surface area contributed by atoms with E-state index in [4.69, 9.17) is 17.3 Å². The van der Waals surface area contributed by atoms with Gasteiger partial charge in [0.25, 0.3) is 5.91 Å². The molecule has 0 bridgehead atoms. The minimum absolute atomic E-state index is 0.182. The molecular formula is C12H18ClN3O. The van der Waals surface area contributed by atoms with Crippen LogP contribution < -0.4 is 10.6 Å². The van der Waals surface area contributed by atoms with Crippen LogP contribution in [0.3, 0.4) is 0 Å². The van der Waals surface area contributed by atoms with Crippen molar-refractivity contribution < 1.29 is 4.79 Å². The number of nitrogens with zero attached hydrogens (tertiary/aromatic N) is 2. The van der Waals surface area contributed by atoms with E-state index in [0.29, 0.717) is 5.56 Å². The van der Waals surface area contributed by atoms with Crippen molar-refractivity contribution in [3.8, 4) is 0 Å². The summed E-state index contributed by atoms with van der Waals surface area (Å²) in [5, 5.41) is 0.182. The number of primary amides is 1. The number of halogens is 1. The lowest BCUT2D eigenvalue weighted by atomic mass is 10.1. The predicted molar refractivity (Wildman–Crippen MR) is 70.7 cm³/mol. The zero-order valence-corrected chi connectivity index (χ0v) is 11.2. The molecule has 0 aliphatic rings. The molecule has 1 aromatic heterocycles. The van der Waals surface area contributed by atoms with Crippen molar-refractivity contribution in [2.75, 3.05) is 18.0 Å². The van der Waals surface area contributed by atoms with E-state index >= 15 is 0 Å². The molecule has 0 fully saturated rings. The van der Waals surface area contributed by atoms with Gasteiger partial charge in [0, 0.05) is 18.8 Å². The molecule has 0 aromatic carbocycles. The number of amides is 1. The first-order valence-corrected chi connectivity index (χ1v) is 6.10. The summed E-state index contributed by atoms with van der Waals surface area (Å²) >= 11 is 5.99. The smallest absolute Gasteiger partial charge is 0.253 e. The number of hydrogen-bond donors (Lipinski definition) is 1. The number of aromatic nitrogens is 1. The molecule has 1 rings (SSSR count). The van der Waals surface area contributed by atoms with Crippen molar-refractivity contribution in [3.63, 3.8) is 0 Å². The van der Waals surface area contributed by atoms with E-state index in [-0.39, 0.29) is 5.15 Å². The molecular weight excluding hydrogens is 238 g/mol. The van der Waals surface area contributed by atoms with Crippen molar-refractivity contribution in [3.05, 3.63) is 22.5 Å². The third-order valence-corrected chi connectivity index (χ3v) is 2.82. The highest BCUT2D eigenvalue weighted by Crippen LogP contribution is 2.27. The summed E-state index contributed by atoms with van der Waals surface area (Å²) in [7, 11) is 0. The fraction of sp³-hybridized carbons (Fsp3) is 0.500. The summed E-state index contributed by atoms with van der Waals surface area (Å²) in [6, 6.07) is 1.85. The average Bonchev–Trinajstić information content (AvgIpc) is 2.23. The third kappa shape index (κ3) is 3.09. The zero-order chi connectivity index (χ0) is 13.0. The van der Waals surface area contributed by atoms with Crippen LogP contribution in [0.15, 0.2) is 6.07 Å². The van der Waals surface area contributed by atoms with Crippen LogP contribution in [0, 0.1) is 6.92 Å². The van der Waals surface area contributed by atoms with E-state index < -0.39 is 5.91 Å². The van der Waals surface area contributed by atoms with Crippen molar-refractivity contribution in [2.45, 2.75) is 27.2 Å². The van der Waals surface area contributed by atoms with E-state index in [2.05, 4.69) is 16.8 Å².